The molecule has 0 saturated heterocycles. The highest BCUT2D eigenvalue weighted by Crippen LogP contribution is 2.32. The fourth-order valence-corrected chi connectivity index (χ4v) is 3.57. The number of carbonyl (C=O) groups excluding carboxylic acids is 1. The van der Waals surface area contributed by atoms with Gasteiger partial charge in [-0.25, -0.2) is 5.10 Å². The summed E-state index contributed by atoms with van der Waals surface area (Å²) in [6, 6.07) is 24.2. The van der Waals surface area contributed by atoms with E-state index in [-0.39, 0.29) is 5.56 Å². The molecule has 3 aromatic carbocycles. The number of nitrogens with zero attached hydrogens (tertiary/aromatic N) is 2. The second kappa shape index (κ2) is 7.72. The average molecular weight is 407 g/mol. The molecule has 0 aliphatic carbocycles. The monoisotopic (exact) mass is 407 g/mol. The molecule has 0 fully saturated rings. The summed E-state index contributed by atoms with van der Waals surface area (Å²) in [7, 11) is 0. The Morgan fingerprint density at radius 2 is 1.55 bits per heavy atom. The summed E-state index contributed by atoms with van der Waals surface area (Å²) in [4.78, 5) is 26.1. The van der Waals surface area contributed by atoms with Crippen LogP contribution in [-0.2, 0) is 0 Å². The van der Waals surface area contributed by atoms with Crippen molar-refractivity contribution in [1.29, 1.82) is 0 Å². The van der Waals surface area contributed by atoms with Crippen molar-refractivity contribution in [1.82, 2.24) is 20.4 Å². The van der Waals surface area contributed by atoms with Crippen LogP contribution in [0.25, 0.3) is 33.3 Å². The van der Waals surface area contributed by atoms with E-state index in [1.165, 1.54) is 0 Å². The molecule has 0 aliphatic heterocycles. The standard InChI is InChI=1S/C24H17N5O2/c30-23(26-18-12-11-17-14-25-27-19(17)13-18)21-20(15-7-3-1-4-8-15)22(28-29-24(21)31)16-9-5-2-6-10-16/h1-14H,(H,25,27)(H,26,30)(H,29,31). The molecule has 0 spiro atoms. The predicted molar refractivity (Wildman–Crippen MR) is 120 cm³/mol. The zero-order valence-corrected chi connectivity index (χ0v) is 16.3. The Balaban J connectivity index is 1.66. The van der Waals surface area contributed by atoms with E-state index >= 15 is 0 Å². The number of H-pyrrole nitrogens is 2. The Morgan fingerprint density at radius 3 is 2.29 bits per heavy atom. The normalized spacial score (nSPS) is 10.8. The maximum absolute atomic E-state index is 13.3. The predicted octanol–water partition coefficient (Wildman–Crippen LogP) is 4.23. The van der Waals surface area contributed by atoms with Crippen molar-refractivity contribution in [3.8, 4) is 22.4 Å². The first-order valence-electron chi connectivity index (χ1n) is 9.69. The van der Waals surface area contributed by atoms with Gasteiger partial charge in [0.1, 0.15) is 5.56 Å². The number of aromatic amines is 2. The molecule has 150 valence electrons. The summed E-state index contributed by atoms with van der Waals surface area (Å²) < 4.78 is 0. The smallest absolute Gasteiger partial charge is 0.277 e. The fourth-order valence-electron chi connectivity index (χ4n) is 3.57. The third kappa shape index (κ3) is 3.49. The second-order valence-electron chi connectivity index (χ2n) is 7.01. The maximum Gasteiger partial charge on any atom is 0.277 e. The van der Waals surface area contributed by atoms with Crippen molar-refractivity contribution in [2.75, 3.05) is 5.32 Å². The van der Waals surface area contributed by atoms with Gasteiger partial charge >= 0.3 is 0 Å². The van der Waals surface area contributed by atoms with E-state index in [1.54, 1.807) is 18.3 Å². The van der Waals surface area contributed by atoms with Gasteiger partial charge in [-0.1, -0.05) is 60.7 Å². The maximum atomic E-state index is 13.3. The Labute approximate surface area is 176 Å². The molecule has 31 heavy (non-hydrogen) atoms. The summed E-state index contributed by atoms with van der Waals surface area (Å²) in [6.07, 6.45) is 1.70. The van der Waals surface area contributed by atoms with Gasteiger partial charge < -0.3 is 5.32 Å². The molecule has 0 saturated carbocycles. The summed E-state index contributed by atoms with van der Waals surface area (Å²) in [5, 5.41) is 17.4. The average Bonchev–Trinajstić information content (AvgIpc) is 3.28. The van der Waals surface area contributed by atoms with Crippen LogP contribution < -0.4 is 10.9 Å². The zero-order valence-electron chi connectivity index (χ0n) is 16.3. The molecule has 2 aromatic heterocycles. The van der Waals surface area contributed by atoms with Crippen LogP contribution >= 0.6 is 0 Å². The van der Waals surface area contributed by atoms with Gasteiger partial charge in [0.15, 0.2) is 0 Å². The highest BCUT2D eigenvalue weighted by Gasteiger charge is 2.23. The van der Waals surface area contributed by atoms with Crippen molar-refractivity contribution < 1.29 is 4.79 Å². The summed E-state index contributed by atoms with van der Waals surface area (Å²) in [5.41, 5.74) is 3.33. The van der Waals surface area contributed by atoms with Gasteiger partial charge in [-0.2, -0.15) is 10.2 Å². The number of rotatable bonds is 4. The van der Waals surface area contributed by atoms with Gasteiger partial charge in [-0.05, 0) is 23.8 Å². The van der Waals surface area contributed by atoms with E-state index in [0.29, 0.717) is 16.9 Å². The summed E-state index contributed by atoms with van der Waals surface area (Å²) >= 11 is 0. The van der Waals surface area contributed by atoms with Crippen LogP contribution in [-0.4, -0.2) is 26.3 Å². The molecule has 7 nitrogen and oxygen atoms in total. The topological polar surface area (TPSA) is 104 Å². The number of aromatic nitrogens is 4. The largest absolute Gasteiger partial charge is 0.322 e. The third-order valence-corrected chi connectivity index (χ3v) is 5.02. The van der Waals surface area contributed by atoms with Crippen LogP contribution in [0.15, 0.2) is 89.9 Å². The first kappa shape index (κ1) is 18.5. The number of benzene rings is 3. The minimum Gasteiger partial charge on any atom is -0.322 e. The molecular formula is C24H17N5O2. The molecule has 0 atom stereocenters. The van der Waals surface area contributed by atoms with Crippen molar-refractivity contribution in [2.45, 2.75) is 0 Å². The van der Waals surface area contributed by atoms with E-state index in [0.717, 1.165) is 22.0 Å². The molecule has 7 heteroatoms. The number of hydrogen-bond donors (Lipinski definition) is 3. The third-order valence-electron chi connectivity index (χ3n) is 5.02. The lowest BCUT2D eigenvalue weighted by Crippen LogP contribution is -2.26. The van der Waals surface area contributed by atoms with Crippen molar-refractivity contribution in [2.24, 2.45) is 0 Å². The van der Waals surface area contributed by atoms with Crippen LogP contribution in [0.5, 0.6) is 0 Å². The Morgan fingerprint density at radius 1 is 0.839 bits per heavy atom. The van der Waals surface area contributed by atoms with Gasteiger partial charge in [0.05, 0.1) is 17.4 Å². The van der Waals surface area contributed by atoms with Crippen LogP contribution in [0.3, 0.4) is 0 Å². The lowest BCUT2D eigenvalue weighted by Gasteiger charge is -2.14. The molecule has 5 rings (SSSR count). The first-order valence-corrected chi connectivity index (χ1v) is 9.69. The molecule has 1 amide bonds. The SMILES string of the molecule is O=C(Nc1ccc2cn[nH]c2c1)c1c(-c2ccccc2)c(-c2ccccc2)n[nH]c1=O. The number of amides is 1. The minimum atomic E-state index is -0.557. The highest BCUT2D eigenvalue weighted by atomic mass is 16.2. The summed E-state index contributed by atoms with van der Waals surface area (Å²) in [5.74, 6) is -0.515. The molecule has 3 N–H and O–H groups in total. The second-order valence-corrected chi connectivity index (χ2v) is 7.01. The van der Waals surface area contributed by atoms with Crippen LogP contribution in [0, 0.1) is 0 Å². The van der Waals surface area contributed by atoms with E-state index in [9.17, 15) is 9.59 Å². The number of carbonyl (C=O) groups is 1. The van der Waals surface area contributed by atoms with Crippen molar-refractivity contribution in [3.63, 3.8) is 0 Å². The molecule has 5 aromatic rings. The minimum absolute atomic E-state index is 0.00441. The lowest BCUT2D eigenvalue weighted by molar-refractivity contribution is 0.102. The Hall–Kier alpha value is -4.52. The van der Waals surface area contributed by atoms with Crippen molar-refractivity contribution >= 4 is 22.5 Å². The van der Waals surface area contributed by atoms with Gasteiger partial charge in [0.25, 0.3) is 11.5 Å². The fraction of sp³-hybridized carbons (Fsp3) is 0. The first-order chi connectivity index (χ1) is 15.2. The van der Waals surface area contributed by atoms with Crippen LogP contribution in [0.4, 0.5) is 5.69 Å². The molecule has 0 bridgehead atoms. The van der Waals surface area contributed by atoms with Gasteiger partial charge in [0.2, 0.25) is 0 Å². The van der Waals surface area contributed by atoms with E-state index < -0.39 is 11.5 Å². The van der Waals surface area contributed by atoms with Crippen LogP contribution in [0.2, 0.25) is 0 Å². The van der Waals surface area contributed by atoms with E-state index in [4.69, 9.17) is 0 Å². The molecule has 0 unspecified atom stereocenters. The number of fused-ring (bicyclic) bond motifs is 1. The highest BCUT2D eigenvalue weighted by molar-refractivity contribution is 6.10. The van der Waals surface area contributed by atoms with Gasteiger partial charge in [-0.15, -0.1) is 0 Å². The molecule has 0 aliphatic rings. The van der Waals surface area contributed by atoms with E-state index in [2.05, 4.69) is 25.7 Å². The number of hydrogen-bond acceptors (Lipinski definition) is 4. The van der Waals surface area contributed by atoms with Gasteiger partial charge in [-0.3, -0.25) is 14.7 Å². The van der Waals surface area contributed by atoms with Crippen molar-refractivity contribution in [3.05, 3.63) is 101 Å². The quantitative estimate of drug-likeness (QED) is 0.415. The molecule has 2 heterocycles. The molecule has 0 radical (unpaired) electrons. The lowest BCUT2D eigenvalue weighted by atomic mass is 9.95. The number of anilines is 1. The Bertz CT molecular complexity index is 1440. The van der Waals surface area contributed by atoms with Gasteiger partial charge in [0, 0.05) is 22.2 Å². The summed E-state index contributed by atoms with van der Waals surface area (Å²) in [6.45, 7) is 0. The molecular weight excluding hydrogens is 390 g/mol. The Kier molecular flexibility index (Phi) is 4.61. The van der Waals surface area contributed by atoms with E-state index in [1.807, 2.05) is 66.7 Å². The van der Waals surface area contributed by atoms with Crippen LogP contribution in [0.1, 0.15) is 10.4 Å². The zero-order chi connectivity index (χ0) is 21.2. The number of nitrogens with one attached hydrogen (secondary N) is 3.